The molecule has 3 aliphatic heterocycles. The van der Waals surface area contributed by atoms with Crippen molar-refractivity contribution in [2.24, 2.45) is 5.41 Å². The lowest BCUT2D eigenvalue weighted by molar-refractivity contribution is -0.200. The Morgan fingerprint density at radius 1 is 0.574 bits per heavy atom. The van der Waals surface area contributed by atoms with Crippen LogP contribution < -0.4 is 16.0 Å². The number of amides is 9. The molecule has 0 atom stereocenters. The van der Waals surface area contributed by atoms with Gasteiger partial charge in [0.25, 0.3) is 58.6 Å². The minimum Gasteiger partial charge on any atom is -0.355 e. The molecule has 0 aromatic heterocycles. The van der Waals surface area contributed by atoms with Crippen molar-refractivity contribution in [3.63, 3.8) is 0 Å². The monoisotopic (exact) mass is 740 g/mol. The van der Waals surface area contributed by atoms with Crippen molar-refractivity contribution in [2.45, 2.75) is 36.6 Å². The fourth-order valence-electron chi connectivity index (χ4n) is 5.75. The number of carbonyl (C=O) groups is 9. The van der Waals surface area contributed by atoms with Crippen LogP contribution in [-0.2, 0) is 19.2 Å². The lowest BCUT2D eigenvalue weighted by Gasteiger charge is -2.52. The molecule has 6 rings (SSSR count). The topological polar surface area (TPSA) is 199 Å². The molecule has 3 heterocycles. The highest BCUT2D eigenvalue weighted by molar-refractivity contribution is 6.52. The first-order chi connectivity index (χ1) is 23.9. The zero-order chi connectivity index (χ0) is 35.9. The van der Waals surface area contributed by atoms with Gasteiger partial charge in [-0.25, -0.2) is 0 Å². The molecule has 2 fully saturated rings. The molecular formula is C39H44N6O9. The molecule has 1 spiro atoms. The predicted octanol–water partition coefficient (Wildman–Crippen LogP) is 3.18. The van der Waals surface area contributed by atoms with Gasteiger partial charge in [-0.05, 0) is 60.5 Å². The van der Waals surface area contributed by atoms with E-state index in [0.29, 0.717) is 26.8 Å². The maximum atomic E-state index is 13.0. The van der Waals surface area contributed by atoms with Gasteiger partial charge in [0.2, 0.25) is 0 Å². The Labute approximate surface area is 313 Å². The van der Waals surface area contributed by atoms with Crippen LogP contribution in [0.2, 0.25) is 0 Å². The minimum absolute atomic E-state index is 0. The lowest BCUT2D eigenvalue weighted by Crippen LogP contribution is -2.85. The van der Waals surface area contributed by atoms with E-state index in [-0.39, 0.29) is 57.9 Å². The maximum Gasteiger partial charge on any atom is 0.285 e. The Kier molecular flexibility index (Phi) is 13.4. The SMILES string of the molecule is C.C.C.C.CCNC(=O)c1ccc(/C=C/c2ccc(C(=O)NCN3C(=O)C4(C3=O)C(=O)N(CN3C(=O)c5ccc(C(=O)NC)cc5C3=O)C4=O)cc2)cc1. The molecular weight excluding hydrogens is 696 g/mol. The first kappa shape index (κ1) is 43.4. The molecule has 2 saturated heterocycles. The smallest absolute Gasteiger partial charge is 0.285 e. The van der Waals surface area contributed by atoms with Crippen molar-refractivity contribution in [3.05, 3.63) is 106 Å². The molecule has 3 aromatic rings. The van der Waals surface area contributed by atoms with E-state index in [1.54, 1.807) is 36.4 Å². The summed E-state index contributed by atoms with van der Waals surface area (Å²) < 4.78 is 0. The first-order valence-electron chi connectivity index (χ1n) is 15.3. The number of rotatable bonds is 10. The number of carbonyl (C=O) groups excluding carboxylic acids is 9. The summed E-state index contributed by atoms with van der Waals surface area (Å²) >= 11 is 0. The van der Waals surface area contributed by atoms with Gasteiger partial charge in [-0.1, -0.05) is 66.1 Å². The molecule has 0 radical (unpaired) electrons. The van der Waals surface area contributed by atoms with Crippen molar-refractivity contribution in [2.75, 3.05) is 26.9 Å². The Morgan fingerprint density at radius 3 is 1.50 bits per heavy atom. The van der Waals surface area contributed by atoms with Crippen molar-refractivity contribution < 1.29 is 43.2 Å². The van der Waals surface area contributed by atoms with E-state index in [1.165, 1.54) is 37.4 Å². The number of hydrogen-bond acceptors (Lipinski definition) is 9. The number of likely N-dealkylation sites (tertiary alicyclic amines) is 2. The normalized spacial score (nSPS) is 14.9. The zero-order valence-electron chi connectivity index (χ0n) is 26.6. The summed E-state index contributed by atoms with van der Waals surface area (Å²) in [5.74, 6) is -7.61. The van der Waals surface area contributed by atoms with Gasteiger partial charge in [-0.3, -0.25) is 57.9 Å². The number of β-lactam (4-membered cyclic amide) rings is 4. The van der Waals surface area contributed by atoms with Gasteiger partial charge >= 0.3 is 0 Å². The van der Waals surface area contributed by atoms with Crippen LogP contribution in [0.4, 0.5) is 0 Å². The number of hydrogen-bond donors (Lipinski definition) is 3. The summed E-state index contributed by atoms with van der Waals surface area (Å²) in [7, 11) is 1.39. The summed E-state index contributed by atoms with van der Waals surface area (Å²) in [5.41, 5.74) is -0.256. The number of imide groups is 3. The average Bonchev–Trinajstić information content (AvgIpc) is 3.37. The van der Waals surface area contributed by atoms with E-state index in [4.69, 9.17) is 0 Å². The molecule has 0 bridgehead atoms. The number of nitrogens with zero attached hydrogens (tertiary/aromatic N) is 3. The van der Waals surface area contributed by atoms with Gasteiger partial charge in [0.1, 0.15) is 13.3 Å². The van der Waals surface area contributed by atoms with E-state index in [1.807, 2.05) is 19.1 Å². The maximum absolute atomic E-state index is 13.0. The van der Waals surface area contributed by atoms with Crippen LogP contribution in [0.25, 0.3) is 12.2 Å². The molecule has 3 aliphatic rings. The fraction of sp³-hybridized carbons (Fsp3) is 0.256. The molecule has 0 aliphatic carbocycles. The second-order valence-electron chi connectivity index (χ2n) is 11.4. The standard InChI is InChI=1S/C35H28N6O9.4CH4/c1-3-37-27(43)21-10-6-19(7-11-21)4-5-20-8-12-22(13-9-20)28(44)38-17-39-31(47)35(32(39)48)33(49)41(34(35)50)18-40-29(45)24-15-14-23(26(42)36-2)16-25(24)30(40)46;;;;/h4-16H,3,17-18H2,1-2H3,(H,36,42)(H,37,43)(H,38,44);4*1H4/b5-4+;;;;. The quantitative estimate of drug-likeness (QED) is 0.121. The summed E-state index contributed by atoms with van der Waals surface area (Å²) in [4.78, 5) is 116. The molecule has 15 nitrogen and oxygen atoms in total. The second-order valence-corrected chi connectivity index (χ2v) is 11.4. The summed E-state index contributed by atoms with van der Waals surface area (Å²) in [6, 6.07) is 17.3. The minimum atomic E-state index is -2.62. The number of nitrogens with one attached hydrogen (secondary N) is 3. The Morgan fingerprint density at radius 2 is 1.02 bits per heavy atom. The van der Waals surface area contributed by atoms with Crippen LogP contribution in [-0.4, -0.2) is 94.8 Å². The molecule has 0 unspecified atom stereocenters. The number of fused-ring (bicyclic) bond motifs is 1. The van der Waals surface area contributed by atoms with Crippen molar-refractivity contribution in [1.29, 1.82) is 0 Å². The predicted molar refractivity (Wildman–Crippen MR) is 200 cm³/mol. The van der Waals surface area contributed by atoms with Crippen molar-refractivity contribution >= 4 is 65.3 Å². The lowest BCUT2D eigenvalue weighted by atomic mass is 9.69. The van der Waals surface area contributed by atoms with Gasteiger partial charge in [-0.15, -0.1) is 0 Å². The molecule has 3 N–H and O–H groups in total. The van der Waals surface area contributed by atoms with Crippen LogP contribution >= 0.6 is 0 Å². The van der Waals surface area contributed by atoms with E-state index in [2.05, 4.69) is 16.0 Å². The van der Waals surface area contributed by atoms with Crippen LogP contribution in [0.5, 0.6) is 0 Å². The zero-order valence-corrected chi connectivity index (χ0v) is 26.6. The third kappa shape index (κ3) is 6.90. The Balaban J connectivity index is 0.00000252. The van der Waals surface area contributed by atoms with Crippen LogP contribution in [0.3, 0.4) is 0 Å². The van der Waals surface area contributed by atoms with E-state index < -0.39 is 66.0 Å². The van der Waals surface area contributed by atoms with Crippen LogP contribution in [0, 0.1) is 5.41 Å². The molecule has 3 aromatic carbocycles. The number of benzene rings is 3. The summed E-state index contributed by atoms with van der Waals surface area (Å²) in [5, 5.41) is 7.55. The van der Waals surface area contributed by atoms with E-state index in [0.717, 1.165) is 11.1 Å². The highest BCUT2D eigenvalue weighted by Gasteiger charge is 2.80. The average molecular weight is 741 g/mol. The largest absolute Gasteiger partial charge is 0.355 e. The Bertz CT molecular complexity index is 2040. The third-order valence-electron chi connectivity index (χ3n) is 8.56. The third-order valence-corrected chi connectivity index (χ3v) is 8.56. The van der Waals surface area contributed by atoms with Gasteiger partial charge in [-0.2, -0.15) is 0 Å². The van der Waals surface area contributed by atoms with Gasteiger partial charge in [0, 0.05) is 30.3 Å². The van der Waals surface area contributed by atoms with Crippen LogP contribution in [0.15, 0.2) is 66.7 Å². The summed E-state index contributed by atoms with van der Waals surface area (Å²) in [6.07, 6.45) is 3.65. The molecule has 0 saturated carbocycles. The second kappa shape index (κ2) is 16.7. The first-order valence-corrected chi connectivity index (χ1v) is 15.3. The van der Waals surface area contributed by atoms with Gasteiger partial charge in [0.15, 0.2) is 0 Å². The van der Waals surface area contributed by atoms with Gasteiger partial charge < -0.3 is 16.0 Å². The van der Waals surface area contributed by atoms with Crippen molar-refractivity contribution in [3.8, 4) is 0 Å². The Hall–Kier alpha value is -6.77. The highest BCUT2D eigenvalue weighted by Crippen LogP contribution is 2.45. The van der Waals surface area contributed by atoms with E-state index in [9.17, 15) is 43.2 Å². The summed E-state index contributed by atoms with van der Waals surface area (Å²) in [6.45, 7) is 0.943. The molecule has 15 heteroatoms. The molecule has 54 heavy (non-hydrogen) atoms. The molecule has 284 valence electrons. The molecule has 9 amide bonds. The fourth-order valence-corrected chi connectivity index (χ4v) is 5.75. The van der Waals surface area contributed by atoms with Crippen LogP contribution in [0.1, 0.15) is 99.5 Å². The highest BCUT2D eigenvalue weighted by atomic mass is 16.2. The van der Waals surface area contributed by atoms with Gasteiger partial charge in [0.05, 0.1) is 11.1 Å². The van der Waals surface area contributed by atoms with E-state index >= 15 is 0 Å². The van der Waals surface area contributed by atoms with Crippen molar-refractivity contribution in [1.82, 2.24) is 30.7 Å².